The number of nitrogens with zero attached hydrogens (tertiary/aromatic N) is 2. The molecule has 3 rings (SSSR count). The van der Waals surface area contributed by atoms with Crippen LogP contribution in [0.25, 0.3) is 10.8 Å². The number of benzene rings is 2. The van der Waals surface area contributed by atoms with Gasteiger partial charge in [-0.2, -0.15) is 0 Å². The van der Waals surface area contributed by atoms with Crippen molar-refractivity contribution in [2.75, 3.05) is 26.7 Å². The SMILES string of the molecule is CN(CCN)C(=O)C(Cc1ccc2ccccc2c1)NC(=O)C1CCCN1C(=O)C(C)(C)C. The van der Waals surface area contributed by atoms with Crippen molar-refractivity contribution in [3.8, 4) is 0 Å². The number of nitrogens with one attached hydrogen (secondary N) is 1. The molecule has 1 aliphatic rings. The Morgan fingerprint density at radius 1 is 1.15 bits per heavy atom. The maximum Gasteiger partial charge on any atom is 0.245 e. The summed E-state index contributed by atoms with van der Waals surface area (Å²) in [5, 5.41) is 5.17. The quantitative estimate of drug-likeness (QED) is 0.674. The minimum Gasteiger partial charge on any atom is -0.343 e. The summed E-state index contributed by atoms with van der Waals surface area (Å²) >= 11 is 0. The zero-order chi connectivity index (χ0) is 24.2. The molecule has 2 atom stereocenters. The molecule has 2 unspecified atom stereocenters. The molecule has 0 spiro atoms. The monoisotopic (exact) mass is 452 g/mol. The second-order valence-electron chi connectivity index (χ2n) is 9.90. The molecule has 0 aromatic heterocycles. The molecule has 2 aromatic carbocycles. The molecule has 178 valence electrons. The van der Waals surface area contributed by atoms with Gasteiger partial charge in [0.1, 0.15) is 12.1 Å². The van der Waals surface area contributed by atoms with Gasteiger partial charge in [-0.15, -0.1) is 0 Å². The fourth-order valence-electron chi connectivity index (χ4n) is 4.35. The number of nitrogens with two attached hydrogens (primary N) is 1. The molecule has 0 saturated carbocycles. The van der Waals surface area contributed by atoms with E-state index in [0.717, 1.165) is 22.8 Å². The largest absolute Gasteiger partial charge is 0.343 e. The second kappa shape index (κ2) is 10.3. The van der Waals surface area contributed by atoms with Crippen LogP contribution in [0.15, 0.2) is 42.5 Å². The Morgan fingerprint density at radius 2 is 1.85 bits per heavy atom. The standard InChI is InChI=1S/C26H36N4O3/c1-26(2,3)25(33)30-14-7-10-22(30)23(31)28-21(24(32)29(4)15-13-27)17-18-11-12-19-8-5-6-9-20(19)16-18/h5-6,8-9,11-12,16,21-22H,7,10,13-15,17,27H2,1-4H3,(H,28,31). The van der Waals surface area contributed by atoms with Gasteiger partial charge < -0.3 is 20.9 Å². The van der Waals surface area contributed by atoms with Crippen LogP contribution in [0.2, 0.25) is 0 Å². The van der Waals surface area contributed by atoms with Crippen LogP contribution in [0.5, 0.6) is 0 Å². The molecule has 0 bridgehead atoms. The summed E-state index contributed by atoms with van der Waals surface area (Å²) in [6, 6.07) is 12.8. The molecule has 1 fully saturated rings. The van der Waals surface area contributed by atoms with Crippen LogP contribution in [-0.2, 0) is 20.8 Å². The van der Waals surface area contributed by atoms with Gasteiger partial charge in [-0.05, 0) is 29.2 Å². The topological polar surface area (TPSA) is 95.7 Å². The third kappa shape index (κ3) is 5.90. The van der Waals surface area contributed by atoms with Gasteiger partial charge in [-0.1, -0.05) is 63.2 Å². The first-order valence-electron chi connectivity index (χ1n) is 11.7. The van der Waals surface area contributed by atoms with E-state index in [2.05, 4.69) is 11.4 Å². The van der Waals surface area contributed by atoms with Crippen molar-refractivity contribution < 1.29 is 14.4 Å². The van der Waals surface area contributed by atoms with Gasteiger partial charge in [-0.3, -0.25) is 14.4 Å². The molecule has 0 aliphatic carbocycles. The molecule has 1 aliphatic heterocycles. The van der Waals surface area contributed by atoms with Crippen molar-refractivity contribution in [1.82, 2.24) is 15.1 Å². The van der Waals surface area contributed by atoms with Crippen LogP contribution < -0.4 is 11.1 Å². The lowest BCUT2D eigenvalue weighted by Gasteiger charge is -2.31. The average molecular weight is 453 g/mol. The van der Waals surface area contributed by atoms with E-state index in [4.69, 9.17) is 5.73 Å². The Balaban J connectivity index is 1.82. The van der Waals surface area contributed by atoms with Crippen molar-refractivity contribution >= 4 is 28.5 Å². The normalized spacial score (nSPS) is 17.1. The van der Waals surface area contributed by atoms with Crippen LogP contribution in [0.1, 0.15) is 39.2 Å². The lowest BCUT2D eigenvalue weighted by Crippen LogP contribution is -2.55. The first-order valence-corrected chi connectivity index (χ1v) is 11.7. The minimum atomic E-state index is -0.734. The fraction of sp³-hybridized carbons (Fsp3) is 0.500. The molecule has 1 heterocycles. The van der Waals surface area contributed by atoms with E-state index in [1.165, 1.54) is 0 Å². The predicted molar refractivity (Wildman–Crippen MR) is 130 cm³/mol. The van der Waals surface area contributed by atoms with Crippen molar-refractivity contribution in [2.45, 2.75) is 52.1 Å². The highest BCUT2D eigenvalue weighted by Gasteiger charge is 2.39. The number of amides is 3. The highest BCUT2D eigenvalue weighted by Crippen LogP contribution is 2.26. The Morgan fingerprint density at radius 3 is 2.52 bits per heavy atom. The van der Waals surface area contributed by atoms with Crippen LogP contribution in [0.4, 0.5) is 0 Å². The van der Waals surface area contributed by atoms with Crippen molar-refractivity contribution in [3.05, 3.63) is 48.0 Å². The maximum atomic E-state index is 13.3. The summed E-state index contributed by atoms with van der Waals surface area (Å²) in [5.74, 6) is -0.503. The molecular weight excluding hydrogens is 416 g/mol. The number of hydrogen-bond donors (Lipinski definition) is 2. The second-order valence-corrected chi connectivity index (χ2v) is 9.90. The zero-order valence-electron chi connectivity index (χ0n) is 20.1. The summed E-state index contributed by atoms with van der Waals surface area (Å²) in [5.41, 5.74) is 6.05. The smallest absolute Gasteiger partial charge is 0.245 e. The van der Waals surface area contributed by atoms with E-state index in [9.17, 15) is 14.4 Å². The van der Waals surface area contributed by atoms with Gasteiger partial charge >= 0.3 is 0 Å². The average Bonchev–Trinajstić information content (AvgIpc) is 3.27. The number of likely N-dealkylation sites (tertiary alicyclic amines) is 1. The molecule has 3 N–H and O–H groups in total. The first-order chi connectivity index (χ1) is 15.6. The molecule has 33 heavy (non-hydrogen) atoms. The molecular formula is C26H36N4O3. The van der Waals surface area contributed by atoms with Crippen molar-refractivity contribution in [2.24, 2.45) is 11.1 Å². The highest BCUT2D eigenvalue weighted by atomic mass is 16.2. The summed E-state index contributed by atoms with van der Waals surface area (Å²) in [6.45, 7) is 6.88. The van der Waals surface area contributed by atoms with Gasteiger partial charge in [0.25, 0.3) is 0 Å². The molecule has 7 nitrogen and oxygen atoms in total. The van der Waals surface area contributed by atoms with E-state index in [1.54, 1.807) is 16.8 Å². The van der Waals surface area contributed by atoms with Crippen LogP contribution in [0.3, 0.4) is 0 Å². The zero-order valence-corrected chi connectivity index (χ0v) is 20.1. The summed E-state index contributed by atoms with van der Waals surface area (Å²) in [4.78, 5) is 42.6. The maximum absolute atomic E-state index is 13.3. The molecule has 1 saturated heterocycles. The third-order valence-electron chi connectivity index (χ3n) is 6.17. The number of hydrogen-bond acceptors (Lipinski definition) is 4. The summed E-state index contributed by atoms with van der Waals surface area (Å²) < 4.78 is 0. The van der Waals surface area contributed by atoms with E-state index >= 15 is 0 Å². The Labute approximate surface area is 196 Å². The fourth-order valence-corrected chi connectivity index (χ4v) is 4.35. The molecule has 3 amide bonds. The lowest BCUT2D eigenvalue weighted by molar-refractivity contribution is -0.145. The van der Waals surface area contributed by atoms with Crippen LogP contribution in [-0.4, -0.2) is 66.3 Å². The molecule has 2 aromatic rings. The number of likely N-dealkylation sites (N-methyl/N-ethyl adjacent to an activating group) is 1. The summed E-state index contributed by atoms with van der Waals surface area (Å²) in [7, 11) is 1.69. The Hall–Kier alpha value is -2.93. The van der Waals surface area contributed by atoms with Gasteiger partial charge in [0.05, 0.1) is 0 Å². The lowest BCUT2D eigenvalue weighted by atomic mass is 9.94. The van der Waals surface area contributed by atoms with E-state index < -0.39 is 17.5 Å². The van der Waals surface area contributed by atoms with Crippen molar-refractivity contribution in [3.63, 3.8) is 0 Å². The van der Waals surface area contributed by atoms with E-state index in [-0.39, 0.29) is 17.7 Å². The predicted octanol–water partition coefficient (Wildman–Crippen LogP) is 2.32. The third-order valence-corrected chi connectivity index (χ3v) is 6.17. The van der Waals surface area contributed by atoms with Crippen LogP contribution >= 0.6 is 0 Å². The van der Waals surface area contributed by atoms with Gasteiger partial charge in [-0.25, -0.2) is 0 Å². The number of rotatable bonds is 7. The first kappa shape index (κ1) is 24.7. The molecule has 0 radical (unpaired) electrons. The highest BCUT2D eigenvalue weighted by molar-refractivity contribution is 5.93. The van der Waals surface area contributed by atoms with E-state index in [0.29, 0.717) is 32.5 Å². The minimum absolute atomic E-state index is 0.0437. The van der Waals surface area contributed by atoms with Crippen LogP contribution in [0, 0.1) is 5.41 Å². The summed E-state index contributed by atoms with van der Waals surface area (Å²) in [6.07, 6.45) is 1.74. The van der Waals surface area contributed by atoms with Gasteiger partial charge in [0, 0.05) is 38.5 Å². The Bertz CT molecular complexity index is 1010. The number of carbonyl (C=O) groups excluding carboxylic acids is 3. The van der Waals surface area contributed by atoms with Gasteiger partial charge in [0.2, 0.25) is 17.7 Å². The van der Waals surface area contributed by atoms with Crippen molar-refractivity contribution in [1.29, 1.82) is 0 Å². The van der Waals surface area contributed by atoms with Gasteiger partial charge in [0.15, 0.2) is 0 Å². The van der Waals surface area contributed by atoms with E-state index in [1.807, 2.05) is 57.2 Å². The number of fused-ring (bicyclic) bond motifs is 1. The Kier molecular flexibility index (Phi) is 7.74. The number of carbonyl (C=O) groups is 3. The molecule has 7 heteroatoms.